The van der Waals surface area contributed by atoms with E-state index in [4.69, 9.17) is 0 Å². The molecule has 1 heterocycles. The van der Waals surface area contributed by atoms with Crippen LogP contribution in [0, 0.1) is 20.2 Å². The molecule has 9 heteroatoms. The highest BCUT2D eigenvalue weighted by atomic mass is 17.0. The van der Waals surface area contributed by atoms with Gasteiger partial charge in [-0.25, -0.2) is 15.7 Å². The molecule has 2 rings (SSSR count). The lowest BCUT2D eigenvalue weighted by atomic mass is 10.2. The van der Waals surface area contributed by atoms with Crippen molar-refractivity contribution in [1.82, 2.24) is 0 Å². The largest absolute Gasteiger partial charge is 0.352 e. The maximum atomic E-state index is 10.5. The van der Waals surface area contributed by atoms with Crippen molar-refractivity contribution in [3.63, 3.8) is 0 Å². The molecule has 78 valence electrons. The third kappa shape index (κ3) is 1.74. The van der Waals surface area contributed by atoms with Crippen LogP contribution in [0.4, 0.5) is 17.1 Å². The first-order valence-electron chi connectivity index (χ1n) is 3.78. The summed E-state index contributed by atoms with van der Waals surface area (Å²) in [5.74, 6) is 0. The molecular weight excluding hydrogens is 208 g/mol. The fraction of sp³-hybridized carbons (Fsp3) is 0. The molecule has 1 atom stereocenters. The van der Waals surface area contributed by atoms with E-state index < -0.39 is 21.2 Å². The molecule has 1 aliphatic heterocycles. The molecular formula is C6H4N4O5. The molecule has 1 fully saturated rings. The molecule has 1 aromatic carbocycles. The molecule has 0 radical (unpaired) electrons. The monoisotopic (exact) mass is 212 g/mol. The van der Waals surface area contributed by atoms with Crippen molar-refractivity contribution < 1.29 is 20.0 Å². The number of rotatable bonds is 3. The highest BCUT2D eigenvalue weighted by Crippen LogP contribution is 2.28. The minimum atomic E-state index is -0.815. The molecule has 1 aliphatic rings. The summed E-state index contributed by atoms with van der Waals surface area (Å²) in [6, 6.07) is 3.46. The minimum absolute atomic E-state index is 0.244. The summed E-state index contributed by atoms with van der Waals surface area (Å²) in [7, 11) is 0. The number of benzene rings is 1. The molecule has 1 unspecified atom stereocenters. The lowest BCUT2D eigenvalue weighted by molar-refractivity contribution is -0.809. The first kappa shape index (κ1) is 9.45. The third-order valence-corrected chi connectivity index (χ3v) is 1.80. The molecule has 0 saturated carbocycles. The van der Waals surface area contributed by atoms with Crippen molar-refractivity contribution in [1.29, 1.82) is 0 Å². The van der Waals surface area contributed by atoms with Gasteiger partial charge < -0.3 is 0 Å². The Kier molecular flexibility index (Phi) is 2.04. The van der Waals surface area contributed by atoms with Crippen LogP contribution in [-0.4, -0.2) is 9.85 Å². The van der Waals surface area contributed by atoms with Gasteiger partial charge in [-0.1, -0.05) is 0 Å². The molecule has 0 spiro atoms. The summed E-state index contributed by atoms with van der Waals surface area (Å²) in [6.45, 7) is 0. The number of hydrogen-bond donors (Lipinski definition) is 1. The summed E-state index contributed by atoms with van der Waals surface area (Å²) in [5, 5.41) is 21.2. The number of quaternary nitrogens is 1. The van der Waals surface area contributed by atoms with Crippen LogP contribution in [0.25, 0.3) is 5.59 Å². The van der Waals surface area contributed by atoms with Crippen molar-refractivity contribution in [3.05, 3.63) is 44.0 Å². The van der Waals surface area contributed by atoms with Gasteiger partial charge in [-0.2, -0.15) is 0 Å². The van der Waals surface area contributed by atoms with Crippen molar-refractivity contribution in [2.45, 2.75) is 0 Å². The maximum absolute atomic E-state index is 10.5. The topological polar surface area (TPSA) is 117 Å². The van der Waals surface area contributed by atoms with Crippen molar-refractivity contribution in [2.75, 3.05) is 0 Å². The fourth-order valence-electron chi connectivity index (χ4n) is 1.09. The van der Waals surface area contributed by atoms with Crippen LogP contribution in [0.15, 0.2) is 18.2 Å². The Hall–Kier alpha value is -2.10. The van der Waals surface area contributed by atoms with Gasteiger partial charge in [-0.05, 0) is 0 Å². The van der Waals surface area contributed by atoms with Crippen LogP contribution >= 0.6 is 0 Å². The standard InChI is InChI=1S/C6H4N4O5/c11-9(12)5-2-1-4(8-7-15-8)3-6(5)10(13)14/h1-3,8H. The minimum Gasteiger partial charge on any atom is -0.258 e. The summed E-state index contributed by atoms with van der Waals surface area (Å²) in [4.78, 5) is 23.9. The Morgan fingerprint density at radius 1 is 1.20 bits per heavy atom. The Labute approximate surface area is 82.0 Å². The predicted octanol–water partition coefficient (Wildman–Crippen LogP) is 0.168. The van der Waals surface area contributed by atoms with E-state index in [2.05, 4.69) is 10.5 Å². The van der Waals surface area contributed by atoms with Crippen molar-refractivity contribution in [3.8, 4) is 0 Å². The van der Waals surface area contributed by atoms with Crippen LogP contribution in [0.5, 0.6) is 0 Å². The van der Waals surface area contributed by atoms with Gasteiger partial charge in [0.15, 0.2) is 5.69 Å². The molecule has 9 nitrogen and oxygen atoms in total. The Morgan fingerprint density at radius 2 is 1.80 bits per heavy atom. The van der Waals surface area contributed by atoms with E-state index >= 15 is 0 Å². The number of hydrogen-bond acceptors (Lipinski definition) is 5. The van der Waals surface area contributed by atoms with Crippen LogP contribution in [0.3, 0.4) is 0 Å². The van der Waals surface area contributed by atoms with E-state index in [9.17, 15) is 20.2 Å². The molecule has 1 aromatic rings. The van der Waals surface area contributed by atoms with Crippen molar-refractivity contribution >= 4 is 17.1 Å². The first-order chi connectivity index (χ1) is 7.09. The SMILES string of the molecule is O=[N+]([O-])c1ccc([NH+]2[N-]O2)cc1[N+](=O)[O-]. The number of nitro groups is 2. The van der Waals surface area contributed by atoms with Crippen LogP contribution < -0.4 is 5.17 Å². The number of nitro benzene ring substituents is 2. The summed E-state index contributed by atoms with van der Waals surface area (Å²) >= 11 is 0. The van der Waals surface area contributed by atoms with E-state index in [1.807, 2.05) is 0 Å². The van der Waals surface area contributed by atoms with Gasteiger partial charge in [0.05, 0.1) is 15.9 Å². The predicted molar refractivity (Wildman–Crippen MR) is 44.8 cm³/mol. The Balaban J connectivity index is 2.48. The van der Waals surface area contributed by atoms with Gasteiger partial charge in [-0.15, -0.1) is 0 Å². The van der Waals surface area contributed by atoms with Gasteiger partial charge in [0, 0.05) is 12.1 Å². The van der Waals surface area contributed by atoms with E-state index in [-0.39, 0.29) is 5.17 Å². The highest BCUT2D eigenvalue weighted by molar-refractivity contribution is 5.57. The maximum Gasteiger partial charge on any atom is 0.352 e. The average Bonchev–Trinajstić information content (AvgIpc) is 2.99. The summed E-state index contributed by atoms with van der Waals surface area (Å²) in [5.41, 5.74) is 2.60. The van der Waals surface area contributed by atoms with E-state index in [1.54, 1.807) is 0 Å². The number of nitrogens with one attached hydrogen (secondary N) is 1. The molecule has 0 bridgehead atoms. The average molecular weight is 212 g/mol. The second-order valence-corrected chi connectivity index (χ2v) is 2.71. The lowest BCUT2D eigenvalue weighted by Crippen LogP contribution is -2.82. The Bertz CT molecular complexity index is 443. The van der Waals surface area contributed by atoms with Gasteiger partial charge in [0.25, 0.3) is 0 Å². The van der Waals surface area contributed by atoms with Gasteiger partial charge in [0.2, 0.25) is 0 Å². The zero-order valence-electron chi connectivity index (χ0n) is 7.11. The third-order valence-electron chi connectivity index (χ3n) is 1.80. The molecule has 1 N–H and O–H groups in total. The molecule has 0 amide bonds. The van der Waals surface area contributed by atoms with Crippen LogP contribution in [0.1, 0.15) is 0 Å². The Morgan fingerprint density at radius 3 is 2.27 bits per heavy atom. The van der Waals surface area contributed by atoms with Gasteiger partial charge in [-0.3, -0.25) is 20.2 Å². The van der Waals surface area contributed by atoms with E-state index in [1.165, 1.54) is 6.07 Å². The summed E-state index contributed by atoms with van der Waals surface area (Å²) < 4.78 is 0. The highest BCUT2D eigenvalue weighted by Gasteiger charge is 2.28. The second kappa shape index (κ2) is 3.24. The zero-order chi connectivity index (χ0) is 11.0. The van der Waals surface area contributed by atoms with Crippen LogP contribution in [0.2, 0.25) is 0 Å². The van der Waals surface area contributed by atoms with E-state index in [0.717, 1.165) is 12.1 Å². The second-order valence-electron chi connectivity index (χ2n) is 2.71. The van der Waals surface area contributed by atoms with Crippen LogP contribution in [-0.2, 0) is 4.94 Å². The number of nitrogens with zero attached hydrogens (tertiary/aromatic N) is 3. The first-order valence-corrected chi connectivity index (χ1v) is 3.78. The molecule has 0 aromatic heterocycles. The molecule has 0 aliphatic carbocycles. The molecule has 1 saturated heterocycles. The van der Waals surface area contributed by atoms with E-state index in [0.29, 0.717) is 5.69 Å². The quantitative estimate of drug-likeness (QED) is 0.435. The van der Waals surface area contributed by atoms with Crippen molar-refractivity contribution in [2.24, 2.45) is 0 Å². The fourth-order valence-corrected chi connectivity index (χ4v) is 1.09. The van der Waals surface area contributed by atoms with Gasteiger partial charge >= 0.3 is 11.4 Å². The van der Waals surface area contributed by atoms with Gasteiger partial charge in [0.1, 0.15) is 0 Å². The molecule has 15 heavy (non-hydrogen) atoms. The lowest BCUT2D eigenvalue weighted by Gasteiger charge is -1.97. The summed E-state index contributed by atoms with van der Waals surface area (Å²) in [6.07, 6.45) is 0. The normalized spacial score (nSPS) is 18.5. The smallest absolute Gasteiger partial charge is 0.258 e. The zero-order valence-corrected chi connectivity index (χ0v) is 7.11.